The third-order valence-corrected chi connectivity index (χ3v) is 2.97. The molecular weight excluding hydrogens is 283 g/mol. The van der Waals surface area contributed by atoms with Crippen molar-refractivity contribution >= 4 is 11.6 Å². The third-order valence-electron chi connectivity index (χ3n) is 2.97. The number of nitrogens with zero attached hydrogens (tertiary/aromatic N) is 1. The van der Waals surface area contributed by atoms with E-state index >= 15 is 0 Å². The fraction of sp³-hybridized carbons (Fsp3) is 0.176. The molecule has 0 saturated carbocycles. The molecule has 0 aliphatic rings. The lowest BCUT2D eigenvalue weighted by Crippen LogP contribution is -2.25. The second-order valence-corrected chi connectivity index (χ2v) is 4.84. The number of halogens is 1. The van der Waals surface area contributed by atoms with Crippen molar-refractivity contribution in [3.05, 3.63) is 65.5 Å². The second-order valence-electron chi connectivity index (χ2n) is 4.84. The molecule has 0 aliphatic heterocycles. The smallest absolute Gasteiger partial charge is 0.277 e. The first-order valence-corrected chi connectivity index (χ1v) is 6.83. The van der Waals surface area contributed by atoms with Gasteiger partial charge in [-0.05, 0) is 49.2 Å². The SMILES string of the molecule is CC(=NNC(=O)COc1cccc(C)c1)c1ccc(F)cc1. The highest BCUT2D eigenvalue weighted by molar-refractivity contribution is 5.99. The Labute approximate surface area is 128 Å². The molecule has 0 saturated heterocycles. The van der Waals surface area contributed by atoms with Crippen LogP contribution in [0.2, 0.25) is 0 Å². The number of aryl methyl sites for hydroxylation is 1. The van der Waals surface area contributed by atoms with E-state index < -0.39 is 0 Å². The molecule has 22 heavy (non-hydrogen) atoms. The van der Waals surface area contributed by atoms with Gasteiger partial charge in [-0.15, -0.1) is 0 Å². The normalized spacial score (nSPS) is 11.1. The van der Waals surface area contributed by atoms with E-state index in [9.17, 15) is 9.18 Å². The van der Waals surface area contributed by atoms with Gasteiger partial charge in [-0.2, -0.15) is 5.10 Å². The van der Waals surface area contributed by atoms with Crippen LogP contribution in [0.1, 0.15) is 18.1 Å². The molecule has 0 spiro atoms. The monoisotopic (exact) mass is 300 g/mol. The van der Waals surface area contributed by atoms with Gasteiger partial charge >= 0.3 is 0 Å². The highest BCUT2D eigenvalue weighted by Crippen LogP contribution is 2.11. The van der Waals surface area contributed by atoms with Crippen molar-refractivity contribution in [1.29, 1.82) is 0 Å². The zero-order valence-corrected chi connectivity index (χ0v) is 12.5. The van der Waals surface area contributed by atoms with Crippen LogP contribution in [0.4, 0.5) is 4.39 Å². The van der Waals surface area contributed by atoms with Crippen molar-refractivity contribution in [2.45, 2.75) is 13.8 Å². The van der Waals surface area contributed by atoms with Gasteiger partial charge in [-0.1, -0.05) is 24.3 Å². The lowest BCUT2D eigenvalue weighted by molar-refractivity contribution is -0.123. The average Bonchev–Trinajstić information content (AvgIpc) is 2.51. The summed E-state index contributed by atoms with van der Waals surface area (Å²) in [7, 11) is 0. The molecule has 114 valence electrons. The molecule has 1 N–H and O–H groups in total. The van der Waals surface area contributed by atoms with Crippen LogP contribution in [-0.2, 0) is 4.79 Å². The molecule has 2 aromatic rings. The zero-order chi connectivity index (χ0) is 15.9. The van der Waals surface area contributed by atoms with Crippen molar-refractivity contribution in [2.24, 2.45) is 5.10 Å². The van der Waals surface area contributed by atoms with Crippen molar-refractivity contribution in [1.82, 2.24) is 5.43 Å². The molecule has 4 nitrogen and oxygen atoms in total. The number of amides is 1. The van der Waals surface area contributed by atoms with Crippen molar-refractivity contribution < 1.29 is 13.9 Å². The Hall–Kier alpha value is -2.69. The van der Waals surface area contributed by atoms with Crippen LogP contribution < -0.4 is 10.2 Å². The standard InChI is InChI=1S/C17H17FN2O2/c1-12-4-3-5-16(10-12)22-11-17(21)20-19-13(2)14-6-8-15(18)9-7-14/h3-10H,11H2,1-2H3,(H,20,21). The Balaban J connectivity index is 1.86. The minimum absolute atomic E-state index is 0.121. The van der Waals surface area contributed by atoms with Crippen molar-refractivity contribution in [2.75, 3.05) is 6.61 Å². The molecule has 5 heteroatoms. The summed E-state index contributed by atoms with van der Waals surface area (Å²) in [5, 5.41) is 3.97. The molecule has 0 fully saturated rings. The quantitative estimate of drug-likeness (QED) is 0.681. The second kappa shape index (κ2) is 7.36. The number of hydrogen-bond donors (Lipinski definition) is 1. The molecule has 0 bridgehead atoms. The summed E-state index contributed by atoms with van der Waals surface area (Å²) in [4.78, 5) is 11.7. The lowest BCUT2D eigenvalue weighted by Gasteiger charge is -2.06. The van der Waals surface area contributed by atoms with E-state index in [4.69, 9.17) is 4.74 Å². The summed E-state index contributed by atoms with van der Waals surface area (Å²) >= 11 is 0. The number of hydrazone groups is 1. The van der Waals surface area contributed by atoms with Gasteiger partial charge in [-0.25, -0.2) is 9.82 Å². The number of benzene rings is 2. The number of ether oxygens (including phenoxy) is 1. The molecule has 0 atom stereocenters. The Morgan fingerprint density at radius 1 is 1.23 bits per heavy atom. The Kier molecular flexibility index (Phi) is 5.25. The predicted octanol–water partition coefficient (Wildman–Crippen LogP) is 3.05. The van der Waals surface area contributed by atoms with Crippen molar-refractivity contribution in [3.63, 3.8) is 0 Å². The number of hydrogen-bond acceptors (Lipinski definition) is 3. The van der Waals surface area contributed by atoms with E-state index in [1.165, 1.54) is 12.1 Å². The molecule has 0 aromatic heterocycles. The van der Waals surface area contributed by atoms with E-state index in [-0.39, 0.29) is 18.3 Å². The first-order chi connectivity index (χ1) is 10.5. The maximum Gasteiger partial charge on any atom is 0.277 e. The molecule has 2 rings (SSSR count). The van der Waals surface area contributed by atoms with Crippen LogP contribution in [-0.4, -0.2) is 18.2 Å². The summed E-state index contributed by atoms with van der Waals surface area (Å²) in [5.74, 6) is -0.0375. The van der Waals surface area contributed by atoms with Gasteiger partial charge in [0.2, 0.25) is 0 Å². The van der Waals surface area contributed by atoms with Gasteiger partial charge in [0.25, 0.3) is 5.91 Å². The minimum atomic E-state index is -0.358. The van der Waals surface area contributed by atoms with Crippen molar-refractivity contribution in [3.8, 4) is 5.75 Å². The maximum atomic E-state index is 12.8. The predicted molar refractivity (Wildman–Crippen MR) is 83.4 cm³/mol. The van der Waals surface area contributed by atoms with Crippen LogP contribution in [0, 0.1) is 12.7 Å². The van der Waals surface area contributed by atoms with Gasteiger partial charge in [0.15, 0.2) is 6.61 Å². The number of nitrogens with one attached hydrogen (secondary N) is 1. The molecule has 0 radical (unpaired) electrons. The van der Waals surface area contributed by atoms with Crippen LogP contribution in [0.3, 0.4) is 0 Å². The van der Waals surface area contributed by atoms with E-state index in [2.05, 4.69) is 10.5 Å². The number of carbonyl (C=O) groups excluding carboxylic acids is 1. The lowest BCUT2D eigenvalue weighted by atomic mass is 10.1. The Bertz CT molecular complexity index is 681. The average molecular weight is 300 g/mol. The summed E-state index contributed by atoms with van der Waals surface area (Å²) in [6.07, 6.45) is 0. The zero-order valence-electron chi connectivity index (χ0n) is 12.5. The highest BCUT2D eigenvalue weighted by atomic mass is 19.1. The van der Waals surface area contributed by atoms with E-state index in [0.29, 0.717) is 11.5 Å². The van der Waals surface area contributed by atoms with Crippen LogP contribution in [0.5, 0.6) is 5.75 Å². The third kappa shape index (κ3) is 4.70. The van der Waals surface area contributed by atoms with Gasteiger partial charge in [0.05, 0.1) is 5.71 Å². The Morgan fingerprint density at radius 3 is 2.64 bits per heavy atom. The fourth-order valence-electron chi connectivity index (χ4n) is 1.79. The first kappa shape index (κ1) is 15.7. The molecule has 0 unspecified atom stereocenters. The number of rotatable bonds is 5. The molecule has 1 amide bonds. The molecular formula is C17H17FN2O2. The number of carbonyl (C=O) groups is 1. The maximum absolute atomic E-state index is 12.8. The van der Waals surface area contributed by atoms with Gasteiger partial charge in [0.1, 0.15) is 11.6 Å². The highest BCUT2D eigenvalue weighted by Gasteiger charge is 2.03. The molecule has 2 aromatic carbocycles. The van der Waals surface area contributed by atoms with Gasteiger partial charge in [-0.3, -0.25) is 4.79 Å². The molecule has 0 aliphatic carbocycles. The summed E-state index contributed by atoms with van der Waals surface area (Å²) in [6.45, 7) is 3.56. The van der Waals surface area contributed by atoms with E-state index in [1.807, 2.05) is 25.1 Å². The topological polar surface area (TPSA) is 50.7 Å². The Morgan fingerprint density at radius 2 is 1.95 bits per heavy atom. The minimum Gasteiger partial charge on any atom is -0.484 e. The van der Waals surface area contributed by atoms with E-state index in [0.717, 1.165) is 11.1 Å². The van der Waals surface area contributed by atoms with Gasteiger partial charge in [0, 0.05) is 0 Å². The summed E-state index contributed by atoms with van der Waals surface area (Å²) in [6, 6.07) is 13.3. The van der Waals surface area contributed by atoms with E-state index in [1.54, 1.807) is 25.1 Å². The first-order valence-electron chi connectivity index (χ1n) is 6.83. The van der Waals surface area contributed by atoms with Crippen LogP contribution in [0.15, 0.2) is 53.6 Å². The summed E-state index contributed by atoms with van der Waals surface area (Å²) < 4.78 is 18.2. The largest absolute Gasteiger partial charge is 0.484 e. The van der Waals surface area contributed by atoms with Gasteiger partial charge < -0.3 is 4.74 Å². The summed E-state index contributed by atoms with van der Waals surface area (Å²) in [5.41, 5.74) is 4.79. The molecule has 0 heterocycles. The van der Waals surface area contributed by atoms with Crippen LogP contribution in [0.25, 0.3) is 0 Å². The van der Waals surface area contributed by atoms with Crippen LogP contribution >= 0.6 is 0 Å². The fourth-order valence-corrected chi connectivity index (χ4v) is 1.79.